The number of hydrogen-bond donors (Lipinski definition) is 0. The van der Waals surface area contributed by atoms with E-state index < -0.39 is 0 Å². The van der Waals surface area contributed by atoms with Gasteiger partial charge in [0.15, 0.2) is 0 Å². The van der Waals surface area contributed by atoms with E-state index in [0.29, 0.717) is 18.7 Å². The lowest BCUT2D eigenvalue weighted by atomic mass is 9.96. The fourth-order valence-corrected chi connectivity index (χ4v) is 5.66. The van der Waals surface area contributed by atoms with Gasteiger partial charge in [0.1, 0.15) is 5.75 Å². The number of pyridine rings is 1. The third-order valence-electron chi connectivity index (χ3n) is 7.78. The first-order chi connectivity index (χ1) is 19.6. The lowest BCUT2D eigenvalue weighted by Crippen LogP contribution is -2.49. The number of amides is 1. The molecule has 1 amide bonds. The van der Waals surface area contributed by atoms with Crippen LogP contribution in [0, 0.1) is 6.92 Å². The fraction of sp³-hybridized carbons (Fsp3) is 0.200. The molecule has 6 rings (SSSR count). The largest absolute Gasteiger partial charge is 0.497 e. The summed E-state index contributed by atoms with van der Waals surface area (Å²) >= 11 is 0. The van der Waals surface area contributed by atoms with Crippen molar-refractivity contribution in [3.05, 3.63) is 131 Å². The van der Waals surface area contributed by atoms with E-state index in [1.807, 2.05) is 47.4 Å². The number of methoxy groups -OCH3 is 1. The van der Waals surface area contributed by atoms with E-state index in [4.69, 9.17) is 9.72 Å². The third-order valence-corrected chi connectivity index (χ3v) is 7.78. The van der Waals surface area contributed by atoms with Crippen molar-refractivity contribution in [2.45, 2.75) is 13.0 Å². The predicted molar refractivity (Wildman–Crippen MR) is 161 cm³/mol. The van der Waals surface area contributed by atoms with Crippen LogP contribution in [0.15, 0.2) is 109 Å². The highest BCUT2D eigenvalue weighted by Gasteiger charge is 2.29. The first kappa shape index (κ1) is 25.8. The van der Waals surface area contributed by atoms with Crippen LogP contribution in [-0.2, 0) is 0 Å². The molecular weight excluding hydrogens is 494 g/mol. The number of nitrogens with zero attached hydrogens (tertiary/aromatic N) is 3. The van der Waals surface area contributed by atoms with Crippen molar-refractivity contribution in [2.24, 2.45) is 0 Å². The van der Waals surface area contributed by atoms with E-state index in [2.05, 4.69) is 78.6 Å². The van der Waals surface area contributed by atoms with Crippen LogP contribution >= 0.6 is 0 Å². The number of carbonyl (C=O) groups is 1. The zero-order valence-corrected chi connectivity index (χ0v) is 23.0. The Morgan fingerprint density at radius 3 is 2.00 bits per heavy atom. The number of benzene rings is 4. The lowest BCUT2D eigenvalue weighted by Gasteiger charge is -2.40. The summed E-state index contributed by atoms with van der Waals surface area (Å²) in [4.78, 5) is 23.5. The maximum atomic E-state index is 14.1. The van der Waals surface area contributed by atoms with Gasteiger partial charge in [0.2, 0.25) is 0 Å². The number of rotatable bonds is 6. The van der Waals surface area contributed by atoms with Crippen LogP contribution in [0.2, 0.25) is 0 Å². The van der Waals surface area contributed by atoms with E-state index in [-0.39, 0.29) is 11.9 Å². The van der Waals surface area contributed by atoms with Crippen LogP contribution in [0.5, 0.6) is 5.75 Å². The smallest absolute Gasteiger partial charge is 0.254 e. The first-order valence-electron chi connectivity index (χ1n) is 13.8. The molecule has 1 aromatic heterocycles. The molecule has 0 radical (unpaired) electrons. The van der Waals surface area contributed by atoms with Gasteiger partial charge in [-0.25, -0.2) is 4.98 Å². The van der Waals surface area contributed by atoms with E-state index in [9.17, 15) is 4.79 Å². The van der Waals surface area contributed by atoms with Gasteiger partial charge in [-0.3, -0.25) is 9.69 Å². The molecule has 0 bridgehead atoms. The zero-order chi connectivity index (χ0) is 27.5. The summed E-state index contributed by atoms with van der Waals surface area (Å²) in [7, 11) is 1.66. The molecule has 1 saturated heterocycles. The summed E-state index contributed by atoms with van der Waals surface area (Å²) in [6.07, 6.45) is 0. The van der Waals surface area contributed by atoms with Crippen LogP contribution < -0.4 is 4.74 Å². The second-order valence-corrected chi connectivity index (χ2v) is 10.4. The normalized spacial score (nSPS) is 14.0. The Balaban J connectivity index is 1.29. The Hall–Kier alpha value is -4.48. The molecule has 0 atom stereocenters. The van der Waals surface area contributed by atoms with Gasteiger partial charge in [-0.2, -0.15) is 0 Å². The quantitative estimate of drug-likeness (QED) is 0.245. The third kappa shape index (κ3) is 5.21. The molecule has 0 unspecified atom stereocenters. The predicted octanol–water partition coefficient (Wildman–Crippen LogP) is 6.77. The minimum absolute atomic E-state index is 0.0587. The van der Waals surface area contributed by atoms with Crippen LogP contribution in [0.25, 0.3) is 22.2 Å². The molecule has 4 aromatic carbocycles. The van der Waals surface area contributed by atoms with E-state index in [1.165, 1.54) is 11.1 Å². The van der Waals surface area contributed by atoms with Crippen molar-refractivity contribution in [3.63, 3.8) is 0 Å². The highest BCUT2D eigenvalue weighted by atomic mass is 16.5. The molecule has 5 nitrogen and oxygen atoms in total. The van der Waals surface area contributed by atoms with Crippen molar-refractivity contribution in [2.75, 3.05) is 33.3 Å². The number of fused-ring (bicyclic) bond motifs is 1. The summed E-state index contributed by atoms with van der Waals surface area (Å²) in [5.74, 6) is 0.849. The van der Waals surface area contributed by atoms with E-state index in [1.54, 1.807) is 7.11 Å². The van der Waals surface area contributed by atoms with Gasteiger partial charge in [-0.15, -0.1) is 0 Å². The summed E-state index contributed by atoms with van der Waals surface area (Å²) in [6, 6.07) is 37.4. The molecule has 5 aromatic rings. The Labute approximate surface area is 235 Å². The molecule has 5 heteroatoms. The highest BCUT2D eigenvalue weighted by Crippen LogP contribution is 2.31. The summed E-state index contributed by atoms with van der Waals surface area (Å²) < 4.78 is 5.33. The Morgan fingerprint density at radius 2 is 1.40 bits per heavy atom. The van der Waals surface area contributed by atoms with Gasteiger partial charge in [0.25, 0.3) is 5.91 Å². The minimum atomic E-state index is 0.0587. The van der Waals surface area contributed by atoms with Crippen LogP contribution in [0.1, 0.15) is 33.1 Å². The van der Waals surface area contributed by atoms with Crippen molar-refractivity contribution in [1.29, 1.82) is 0 Å². The maximum absolute atomic E-state index is 14.1. The maximum Gasteiger partial charge on any atom is 0.254 e. The van der Waals surface area contributed by atoms with Gasteiger partial charge in [-0.1, -0.05) is 72.3 Å². The van der Waals surface area contributed by atoms with Crippen molar-refractivity contribution < 1.29 is 9.53 Å². The number of piperazine rings is 1. The van der Waals surface area contributed by atoms with Crippen LogP contribution in [0.4, 0.5) is 0 Å². The Kier molecular flexibility index (Phi) is 7.30. The molecular formula is C35H33N3O2. The molecule has 2 heterocycles. The topological polar surface area (TPSA) is 45.7 Å². The van der Waals surface area contributed by atoms with Crippen molar-refractivity contribution in [3.8, 4) is 17.0 Å². The van der Waals surface area contributed by atoms with Crippen LogP contribution in [0.3, 0.4) is 0 Å². The molecule has 0 spiro atoms. The number of aryl methyl sites for hydroxylation is 1. The van der Waals surface area contributed by atoms with Gasteiger partial charge in [0, 0.05) is 37.1 Å². The standard InChI is InChI=1S/C35H33N3O2/c1-25-13-18-32-30(23-25)31(24-33(36-32)26-14-16-29(40-2)17-15-26)35(39)38-21-19-37(20-22-38)34(27-9-5-3-6-10-27)28-11-7-4-8-12-28/h3-18,23-24,34H,19-22H2,1-2H3. The Morgan fingerprint density at radius 1 is 0.775 bits per heavy atom. The van der Waals surface area contributed by atoms with E-state index >= 15 is 0 Å². The molecule has 1 aliphatic heterocycles. The van der Waals surface area contributed by atoms with E-state index in [0.717, 1.165) is 46.6 Å². The monoisotopic (exact) mass is 527 g/mol. The minimum Gasteiger partial charge on any atom is -0.497 e. The van der Waals surface area contributed by atoms with Gasteiger partial charge < -0.3 is 9.64 Å². The number of carbonyl (C=O) groups excluding carboxylic acids is 1. The molecule has 0 saturated carbocycles. The number of hydrogen-bond acceptors (Lipinski definition) is 4. The summed E-state index contributed by atoms with van der Waals surface area (Å²) in [6.45, 7) is 4.99. The zero-order valence-electron chi connectivity index (χ0n) is 23.0. The highest BCUT2D eigenvalue weighted by molar-refractivity contribution is 6.07. The molecule has 1 aliphatic rings. The fourth-order valence-electron chi connectivity index (χ4n) is 5.66. The van der Waals surface area contributed by atoms with Gasteiger partial charge in [-0.05, 0) is 60.5 Å². The SMILES string of the molecule is COc1ccc(-c2cc(C(=O)N3CCN(C(c4ccccc4)c4ccccc4)CC3)c3cc(C)ccc3n2)cc1. The molecule has 200 valence electrons. The second-order valence-electron chi connectivity index (χ2n) is 10.4. The number of aromatic nitrogens is 1. The summed E-state index contributed by atoms with van der Waals surface area (Å²) in [5, 5.41) is 0.899. The summed E-state index contributed by atoms with van der Waals surface area (Å²) in [5.41, 5.74) is 6.93. The van der Waals surface area contributed by atoms with Gasteiger partial charge >= 0.3 is 0 Å². The Bertz CT molecular complexity index is 1570. The van der Waals surface area contributed by atoms with Crippen molar-refractivity contribution >= 4 is 16.8 Å². The molecule has 1 fully saturated rings. The average Bonchev–Trinajstić information content (AvgIpc) is 3.02. The average molecular weight is 528 g/mol. The number of ether oxygens (including phenoxy) is 1. The second kappa shape index (κ2) is 11.3. The van der Waals surface area contributed by atoms with Gasteiger partial charge in [0.05, 0.1) is 29.9 Å². The molecule has 0 aliphatic carbocycles. The van der Waals surface area contributed by atoms with Crippen molar-refractivity contribution in [1.82, 2.24) is 14.8 Å². The van der Waals surface area contributed by atoms with Crippen LogP contribution in [-0.4, -0.2) is 54.0 Å². The first-order valence-corrected chi connectivity index (χ1v) is 13.8. The molecule has 0 N–H and O–H groups in total. The molecule has 40 heavy (non-hydrogen) atoms. The lowest BCUT2D eigenvalue weighted by molar-refractivity contribution is 0.0599.